The van der Waals surface area contributed by atoms with Gasteiger partial charge in [0.15, 0.2) is 0 Å². The van der Waals surface area contributed by atoms with Crippen molar-refractivity contribution in [3.05, 3.63) is 411 Å². The fraction of sp³-hybridized carbons (Fsp3) is 0.125. The summed E-state index contributed by atoms with van der Waals surface area (Å²) in [6, 6.07) is 125. The van der Waals surface area contributed by atoms with E-state index in [0.29, 0.717) is 68.1 Å². The molecule has 8 heterocycles. The Bertz CT molecular complexity index is 9060. The van der Waals surface area contributed by atoms with Crippen LogP contribution in [0.2, 0.25) is 0 Å². The number of oxazole rings is 4. The molecule has 24 aromatic rings. The standard InChI is InChI=1S/C36H33N2O2.2C32H25N2O2.C28H17N2O2.4Pt/c1-35(2,3)25-18-23(17-24(19-25)32-27-12-8-7-11-22(27)15-16-37-32)29-20-26(36(4,5)6)21-31-33(29)38-34(40-31)28-13-9-10-14-30(28)39;1-32(2,3)24-17-26(30-29(18-24)36-31(34-30)25-13-6-7-14-28(25)35)21-11-8-12-22(15-21)27-16-20-9-4-5-10-23(20)19-33-27;1-32(2,3)24-16-22(15-23(17-24)27-18-20-9-4-5-10-21(20)19-33-27)25-12-8-14-29-30(25)34-31(36-29)26-11-6-7-13-28(26)35;31-24-13-4-3-11-23(24)28-30-27-22(12-6-14-25(27)32-28)19-8-5-9-20(17-19)26-21-10-2-1-7-18(21)15-16-29-26;;;;/h7-16,18-21,39H,1-6H3;2*4-14,16-19,35H,1-3H3;1-16,31H;;;;/q4*-1;;;;. The van der Waals surface area contributed by atoms with Crippen LogP contribution in [0.4, 0.5) is 0 Å². The van der Waals surface area contributed by atoms with Gasteiger partial charge in [-0.15, -0.1) is 118 Å². The van der Waals surface area contributed by atoms with Crippen LogP contribution in [-0.2, 0) is 106 Å². The van der Waals surface area contributed by atoms with E-state index in [1.54, 1.807) is 60.7 Å². The van der Waals surface area contributed by atoms with E-state index in [1.165, 1.54) is 11.1 Å². The van der Waals surface area contributed by atoms with E-state index >= 15 is 0 Å². The van der Waals surface area contributed by atoms with Crippen molar-refractivity contribution >= 4 is 87.5 Å². The quantitative estimate of drug-likeness (QED) is 0.0832. The molecule has 16 nitrogen and oxygen atoms in total. The van der Waals surface area contributed by atoms with Crippen molar-refractivity contribution in [2.75, 3.05) is 0 Å². The third-order valence-electron chi connectivity index (χ3n) is 26.0. The number of phenolic OH excluding ortho intramolecular Hbond substituents is 4. The largest absolute Gasteiger partial charge is 0.507 e. The molecular formula is C128H100N8O8Pt4-4. The summed E-state index contributed by atoms with van der Waals surface area (Å²) in [5, 5.41) is 50.4. The number of phenols is 4. The minimum Gasteiger partial charge on any atom is -0.507 e. The van der Waals surface area contributed by atoms with Crippen LogP contribution in [0.5, 0.6) is 23.0 Å². The zero-order chi connectivity index (χ0) is 99.5. The van der Waals surface area contributed by atoms with Crippen molar-refractivity contribution in [1.82, 2.24) is 39.9 Å². The number of aromatic hydroxyl groups is 4. The monoisotopic (exact) mass is 2660 g/mol. The van der Waals surface area contributed by atoms with E-state index < -0.39 is 0 Å². The van der Waals surface area contributed by atoms with Gasteiger partial charge < -0.3 is 38.1 Å². The van der Waals surface area contributed by atoms with Gasteiger partial charge in [0, 0.05) is 132 Å². The van der Waals surface area contributed by atoms with E-state index in [0.717, 1.165) is 166 Å². The van der Waals surface area contributed by atoms with Gasteiger partial charge in [-0.2, -0.15) is 0 Å². The molecule has 0 aliphatic carbocycles. The number of benzene rings is 16. The molecule has 0 saturated heterocycles. The van der Waals surface area contributed by atoms with Crippen LogP contribution >= 0.6 is 0 Å². The molecule has 148 heavy (non-hydrogen) atoms. The Labute approximate surface area is 915 Å². The van der Waals surface area contributed by atoms with Gasteiger partial charge in [-0.1, -0.05) is 322 Å². The third-order valence-corrected chi connectivity index (χ3v) is 26.0. The normalized spacial score (nSPS) is 11.5. The second-order valence-corrected chi connectivity index (χ2v) is 40.1. The minimum atomic E-state index is -0.119. The maximum atomic E-state index is 10.5. The Morgan fingerprint density at radius 1 is 0.216 bits per heavy atom. The van der Waals surface area contributed by atoms with Crippen LogP contribution in [0.25, 0.3) is 223 Å². The Kier molecular flexibility index (Phi) is 30.5. The average molecular weight is 2660 g/mol. The van der Waals surface area contributed by atoms with Gasteiger partial charge in [0.2, 0.25) is 23.6 Å². The van der Waals surface area contributed by atoms with Crippen molar-refractivity contribution in [1.29, 1.82) is 0 Å². The van der Waals surface area contributed by atoms with Crippen LogP contribution in [0.3, 0.4) is 0 Å². The zero-order valence-corrected chi connectivity index (χ0v) is 92.0. The average Bonchev–Trinajstić information content (AvgIpc) is 1.49. The number of fused-ring (bicyclic) bond motifs is 8. The molecule has 0 saturated carbocycles. The first kappa shape index (κ1) is 104. The predicted octanol–water partition coefficient (Wildman–Crippen LogP) is 32.7. The molecule has 0 radical (unpaired) electrons. The molecule has 0 atom stereocenters. The van der Waals surface area contributed by atoms with Crippen LogP contribution in [0.15, 0.2) is 382 Å². The number of para-hydroxylation sites is 6. The third kappa shape index (κ3) is 21.8. The first-order chi connectivity index (χ1) is 69.5. The fourth-order valence-electron chi connectivity index (χ4n) is 18.0. The van der Waals surface area contributed by atoms with Crippen molar-refractivity contribution in [3.63, 3.8) is 0 Å². The Morgan fingerprint density at radius 3 is 0.926 bits per heavy atom. The maximum absolute atomic E-state index is 10.5. The molecule has 24 rings (SSSR count). The molecular weight excluding hydrogens is 2560 g/mol. The Balaban J connectivity index is 0.000000134. The molecule has 16 aromatic carbocycles. The van der Waals surface area contributed by atoms with Crippen LogP contribution in [0, 0.1) is 24.3 Å². The number of hydrogen-bond acceptors (Lipinski definition) is 16. The second-order valence-electron chi connectivity index (χ2n) is 40.1. The molecule has 4 N–H and O–H groups in total. The molecule has 0 aliphatic rings. The SMILES string of the molecule is CC(C)(C)c1cc(-c2[c-]c(-c3cc4ccccc4cn3)ccc2)c2nc(-c3ccccc3O)oc2c1.CC(C)(C)c1cc(-c2cc3ccccc3cn2)[c-]c(-c2cccc3oc(-c4ccccc4O)nc23)c1.CC(C)(C)c1cc(-c2nccc3ccccc23)[c-]c(-c2cc(C(C)(C)C)cc3oc(-c4ccccc4O)nc23)c1.Oc1ccccc1-c1nc2c(-c3[c-]c(-c4nccc5ccccc45)ccc3)cccc2o1.[Pt].[Pt].[Pt].[Pt]. The van der Waals surface area contributed by atoms with Gasteiger partial charge in [-0.05, 0) is 161 Å². The summed E-state index contributed by atoms with van der Waals surface area (Å²) >= 11 is 0. The summed E-state index contributed by atoms with van der Waals surface area (Å²) in [7, 11) is 0. The first-order valence-electron chi connectivity index (χ1n) is 47.9. The van der Waals surface area contributed by atoms with E-state index in [1.807, 2.05) is 201 Å². The van der Waals surface area contributed by atoms with Crippen molar-refractivity contribution in [3.8, 4) is 158 Å². The first-order valence-corrected chi connectivity index (χ1v) is 47.9. The number of hydrogen-bond donors (Lipinski definition) is 4. The number of pyridine rings is 4. The molecule has 20 heteroatoms. The van der Waals surface area contributed by atoms with Gasteiger partial charge in [-0.3, -0.25) is 19.9 Å². The molecule has 0 aliphatic heterocycles. The number of rotatable bonds is 12. The predicted molar refractivity (Wildman–Crippen MR) is 579 cm³/mol. The zero-order valence-electron chi connectivity index (χ0n) is 82.9. The van der Waals surface area contributed by atoms with Crippen molar-refractivity contribution in [2.24, 2.45) is 0 Å². The molecule has 744 valence electrons. The molecule has 0 unspecified atom stereocenters. The van der Waals surface area contributed by atoms with E-state index in [2.05, 4.69) is 215 Å². The molecule has 0 amide bonds. The van der Waals surface area contributed by atoms with Crippen LogP contribution in [-0.4, -0.2) is 60.3 Å². The van der Waals surface area contributed by atoms with Crippen molar-refractivity contribution < 1.29 is 122 Å². The van der Waals surface area contributed by atoms with Gasteiger partial charge in [0.05, 0.1) is 44.3 Å². The van der Waals surface area contributed by atoms with Gasteiger partial charge in [0.1, 0.15) is 45.3 Å². The van der Waals surface area contributed by atoms with Crippen LogP contribution in [0.1, 0.15) is 105 Å². The maximum Gasteiger partial charge on any atom is 0.230 e. The Hall–Kier alpha value is -15.0. The topological polar surface area (TPSA) is 237 Å². The van der Waals surface area contributed by atoms with E-state index in [4.69, 9.17) is 52.6 Å². The number of aromatic nitrogens is 8. The van der Waals surface area contributed by atoms with Gasteiger partial charge >= 0.3 is 0 Å². The second kappa shape index (κ2) is 43.2. The fourth-order valence-corrected chi connectivity index (χ4v) is 18.0. The van der Waals surface area contributed by atoms with Gasteiger partial charge in [0.25, 0.3) is 0 Å². The van der Waals surface area contributed by atoms with E-state index in [-0.39, 0.29) is 129 Å². The number of nitrogens with zero attached hydrogens (tertiary/aromatic N) is 8. The van der Waals surface area contributed by atoms with Gasteiger partial charge in [-0.25, -0.2) is 19.9 Å². The van der Waals surface area contributed by atoms with Crippen molar-refractivity contribution in [2.45, 2.75) is 105 Å². The molecule has 0 bridgehead atoms. The smallest absolute Gasteiger partial charge is 0.230 e. The summed E-state index contributed by atoms with van der Waals surface area (Å²) < 4.78 is 24.5. The van der Waals surface area contributed by atoms with Crippen LogP contribution < -0.4 is 0 Å². The summed E-state index contributed by atoms with van der Waals surface area (Å²) in [6.07, 6.45) is 7.51. The summed E-state index contributed by atoms with van der Waals surface area (Å²) in [5.41, 5.74) is 26.8. The molecule has 0 fully saturated rings. The summed E-state index contributed by atoms with van der Waals surface area (Å²) in [4.78, 5) is 38.2. The summed E-state index contributed by atoms with van der Waals surface area (Å²) in [5.74, 6) is 2.10. The molecule has 0 spiro atoms. The Morgan fingerprint density at radius 2 is 0.500 bits per heavy atom. The summed E-state index contributed by atoms with van der Waals surface area (Å²) in [6.45, 7) is 26.4. The van der Waals surface area contributed by atoms with E-state index in [9.17, 15) is 20.4 Å². The molecule has 8 aromatic heterocycles. The minimum absolute atomic E-state index is 0.